The van der Waals surface area contributed by atoms with Gasteiger partial charge in [0, 0.05) is 18.3 Å². The summed E-state index contributed by atoms with van der Waals surface area (Å²) in [6.45, 7) is 0.290. The first-order chi connectivity index (χ1) is 13.0. The van der Waals surface area contributed by atoms with Gasteiger partial charge in [-0.05, 0) is 58.7 Å². The number of rotatable bonds is 7. The van der Waals surface area contributed by atoms with E-state index in [4.69, 9.17) is 0 Å². The van der Waals surface area contributed by atoms with Crippen LogP contribution >= 0.6 is 15.9 Å². The summed E-state index contributed by atoms with van der Waals surface area (Å²) in [5.41, 5.74) is 1.35. The van der Waals surface area contributed by atoms with Gasteiger partial charge >= 0.3 is 0 Å². The molecule has 3 rings (SSSR count). The molecule has 0 aliphatic rings. The standard InChI is InChI=1S/C19H18BrN3O3S/c20-16-13-22-23(14-16)17-9-7-15(8-10-17)19(24)21-11-4-12-27(25,26)18-5-2-1-3-6-18/h1-3,5-10,13-14H,4,11-12H2,(H,21,24). The minimum Gasteiger partial charge on any atom is -0.352 e. The molecule has 0 atom stereocenters. The van der Waals surface area contributed by atoms with E-state index >= 15 is 0 Å². The molecule has 2 aromatic carbocycles. The Morgan fingerprint density at radius 2 is 1.78 bits per heavy atom. The lowest BCUT2D eigenvalue weighted by Gasteiger charge is -2.07. The first-order valence-electron chi connectivity index (χ1n) is 8.32. The maximum Gasteiger partial charge on any atom is 0.251 e. The van der Waals surface area contributed by atoms with Crippen molar-refractivity contribution in [2.45, 2.75) is 11.3 Å². The van der Waals surface area contributed by atoms with Gasteiger partial charge in [-0.3, -0.25) is 4.79 Å². The van der Waals surface area contributed by atoms with E-state index in [1.54, 1.807) is 65.5 Å². The van der Waals surface area contributed by atoms with Crippen molar-refractivity contribution in [2.24, 2.45) is 0 Å². The number of carbonyl (C=O) groups excluding carboxylic acids is 1. The zero-order valence-corrected chi connectivity index (χ0v) is 16.8. The van der Waals surface area contributed by atoms with Crippen molar-refractivity contribution in [3.05, 3.63) is 77.0 Å². The summed E-state index contributed by atoms with van der Waals surface area (Å²) in [5.74, 6) is -0.245. The highest BCUT2D eigenvalue weighted by Gasteiger charge is 2.13. The van der Waals surface area contributed by atoms with Crippen LogP contribution in [0.25, 0.3) is 5.69 Å². The molecule has 0 saturated carbocycles. The quantitative estimate of drug-likeness (QED) is 0.563. The SMILES string of the molecule is O=C(NCCCS(=O)(=O)c1ccccc1)c1ccc(-n2cc(Br)cn2)cc1. The summed E-state index contributed by atoms with van der Waals surface area (Å²) >= 11 is 3.34. The van der Waals surface area contributed by atoms with Crippen LogP contribution in [0.3, 0.4) is 0 Å². The van der Waals surface area contributed by atoms with Gasteiger partial charge in [-0.2, -0.15) is 5.10 Å². The van der Waals surface area contributed by atoms with E-state index in [0.29, 0.717) is 23.4 Å². The van der Waals surface area contributed by atoms with Crippen molar-refractivity contribution >= 4 is 31.7 Å². The number of sulfone groups is 1. The molecule has 0 unspecified atom stereocenters. The molecule has 0 fully saturated rings. The summed E-state index contributed by atoms with van der Waals surface area (Å²) in [7, 11) is -3.32. The molecule has 0 aliphatic carbocycles. The molecule has 0 aliphatic heterocycles. The molecule has 140 valence electrons. The van der Waals surface area contributed by atoms with Crippen molar-refractivity contribution < 1.29 is 13.2 Å². The summed E-state index contributed by atoms with van der Waals surface area (Å²) in [6, 6.07) is 15.3. The first kappa shape index (κ1) is 19.3. The molecule has 0 bridgehead atoms. The van der Waals surface area contributed by atoms with Crippen LogP contribution in [0.2, 0.25) is 0 Å². The molecule has 27 heavy (non-hydrogen) atoms. The van der Waals surface area contributed by atoms with Gasteiger partial charge in [0.15, 0.2) is 9.84 Å². The number of hydrogen-bond donors (Lipinski definition) is 1. The van der Waals surface area contributed by atoms with Crippen molar-refractivity contribution in [1.29, 1.82) is 0 Å². The van der Waals surface area contributed by atoms with Crippen molar-refractivity contribution in [3.63, 3.8) is 0 Å². The minimum absolute atomic E-state index is 0.00952. The molecule has 1 amide bonds. The molecule has 1 aromatic heterocycles. The number of benzene rings is 2. The smallest absolute Gasteiger partial charge is 0.251 e. The number of carbonyl (C=O) groups is 1. The van der Waals surface area contributed by atoms with E-state index in [1.165, 1.54) is 0 Å². The van der Waals surface area contributed by atoms with Crippen LogP contribution in [0.15, 0.2) is 76.4 Å². The molecule has 0 saturated heterocycles. The zero-order chi connectivity index (χ0) is 19.3. The van der Waals surface area contributed by atoms with Gasteiger partial charge in [-0.1, -0.05) is 18.2 Å². The van der Waals surface area contributed by atoms with Crippen LogP contribution in [0.4, 0.5) is 0 Å². The topological polar surface area (TPSA) is 81.1 Å². The highest BCUT2D eigenvalue weighted by Crippen LogP contribution is 2.14. The maximum atomic E-state index is 12.2. The number of hydrogen-bond acceptors (Lipinski definition) is 4. The number of aromatic nitrogens is 2. The van der Waals surface area contributed by atoms with E-state index in [9.17, 15) is 13.2 Å². The van der Waals surface area contributed by atoms with Crippen LogP contribution < -0.4 is 5.32 Å². The number of nitrogens with zero attached hydrogens (tertiary/aromatic N) is 2. The van der Waals surface area contributed by atoms with Gasteiger partial charge in [0.25, 0.3) is 5.91 Å². The minimum atomic E-state index is -3.32. The van der Waals surface area contributed by atoms with Gasteiger partial charge in [0.1, 0.15) is 0 Å². The lowest BCUT2D eigenvalue weighted by molar-refractivity contribution is 0.0953. The third-order valence-electron chi connectivity index (χ3n) is 3.92. The monoisotopic (exact) mass is 447 g/mol. The van der Waals surface area contributed by atoms with Gasteiger partial charge < -0.3 is 5.32 Å². The highest BCUT2D eigenvalue weighted by atomic mass is 79.9. The highest BCUT2D eigenvalue weighted by molar-refractivity contribution is 9.10. The molecular formula is C19H18BrN3O3S. The van der Waals surface area contributed by atoms with Gasteiger partial charge in [-0.15, -0.1) is 0 Å². The number of nitrogens with one attached hydrogen (secondary N) is 1. The van der Waals surface area contributed by atoms with E-state index in [2.05, 4.69) is 26.3 Å². The van der Waals surface area contributed by atoms with Gasteiger partial charge in [0.2, 0.25) is 0 Å². The van der Waals surface area contributed by atoms with E-state index in [0.717, 1.165) is 10.2 Å². The summed E-state index contributed by atoms with van der Waals surface area (Å²) in [4.78, 5) is 12.5. The number of amides is 1. The average molecular weight is 448 g/mol. The van der Waals surface area contributed by atoms with E-state index in [1.807, 2.05) is 6.20 Å². The third-order valence-corrected chi connectivity index (χ3v) is 6.15. The second-order valence-corrected chi connectivity index (χ2v) is 8.92. The zero-order valence-electron chi connectivity index (χ0n) is 14.4. The Labute approximate surface area is 166 Å². The second kappa shape index (κ2) is 8.49. The number of halogens is 1. The third kappa shape index (κ3) is 5.05. The Bertz CT molecular complexity index is 1020. The van der Waals surface area contributed by atoms with E-state index < -0.39 is 9.84 Å². The molecule has 8 heteroatoms. The maximum absolute atomic E-state index is 12.2. The summed E-state index contributed by atoms with van der Waals surface area (Å²) in [5, 5.41) is 6.93. The van der Waals surface area contributed by atoms with Crippen molar-refractivity contribution in [2.75, 3.05) is 12.3 Å². The molecular weight excluding hydrogens is 430 g/mol. The molecule has 6 nitrogen and oxygen atoms in total. The Kier molecular flexibility index (Phi) is 6.08. The fourth-order valence-electron chi connectivity index (χ4n) is 2.52. The lowest BCUT2D eigenvalue weighted by atomic mass is 10.2. The van der Waals surface area contributed by atoms with Crippen LogP contribution in [0.1, 0.15) is 16.8 Å². The predicted octanol–water partition coefficient (Wildman–Crippen LogP) is 3.23. The normalized spacial score (nSPS) is 11.3. The Balaban J connectivity index is 1.51. The average Bonchev–Trinajstić information content (AvgIpc) is 3.12. The summed E-state index contributed by atoms with van der Waals surface area (Å²) < 4.78 is 27.0. The molecule has 1 heterocycles. The fraction of sp³-hybridized carbons (Fsp3) is 0.158. The largest absolute Gasteiger partial charge is 0.352 e. The molecule has 0 spiro atoms. The van der Waals surface area contributed by atoms with Crippen molar-refractivity contribution in [3.8, 4) is 5.69 Å². The van der Waals surface area contributed by atoms with E-state index in [-0.39, 0.29) is 11.7 Å². The van der Waals surface area contributed by atoms with Crippen molar-refractivity contribution in [1.82, 2.24) is 15.1 Å². The Morgan fingerprint density at radius 3 is 2.41 bits per heavy atom. The van der Waals surface area contributed by atoms with Gasteiger partial charge in [-0.25, -0.2) is 13.1 Å². The molecule has 0 radical (unpaired) electrons. The van der Waals surface area contributed by atoms with Crippen LogP contribution in [0.5, 0.6) is 0 Å². The van der Waals surface area contributed by atoms with Crippen LogP contribution in [0, 0.1) is 0 Å². The fourth-order valence-corrected chi connectivity index (χ4v) is 4.14. The van der Waals surface area contributed by atoms with Crippen LogP contribution in [-0.2, 0) is 9.84 Å². The van der Waals surface area contributed by atoms with Gasteiger partial charge in [0.05, 0.1) is 27.0 Å². The summed E-state index contributed by atoms with van der Waals surface area (Å²) in [6.07, 6.45) is 3.86. The lowest BCUT2D eigenvalue weighted by Crippen LogP contribution is -2.26. The first-order valence-corrected chi connectivity index (χ1v) is 10.8. The Morgan fingerprint density at radius 1 is 1.07 bits per heavy atom. The Hall–Kier alpha value is -2.45. The predicted molar refractivity (Wildman–Crippen MR) is 107 cm³/mol. The molecule has 3 aromatic rings. The van der Waals surface area contributed by atoms with Crippen LogP contribution in [-0.4, -0.2) is 36.4 Å². The molecule has 1 N–H and O–H groups in total. The second-order valence-electron chi connectivity index (χ2n) is 5.89.